The summed E-state index contributed by atoms with van der Waals surface area (Å²) in [7, 11) is 1.96. The highest BCUT2D eigenvalue weighted by molar-refractivity contribution is 5.80. The van der Waals surface area contributed by atoms with E-state index in [0.29, 0.717) is 18.9 Å². The number of nitrogens with zero attached hydrogens (tertiary/aromatic N) is 4. The van der Waals surface area contributed by atoms with Crippen LogP contribution >= 0.6 is 0 Å². The number of fused-ring (bicyclic) bond motifs is 1. The van der Waals surface area contributed by atoms with Crippen molar-refractivity contribution in [2.24, 2.45) is 7.05 Å². The molecule has 0 radical (unpaired) electrons. The SMILES string of the molecule is CC.CC.CCOc1ccc(-c2nc3c(nc2CC)c(CCO)cn3C)c(CC)n1. The van der Waals surface area contributed by atoms with Crippen LogP contribution in [-0.4, -0.2) is 37.8 Å². The van der Waals surface area contributed by atoms with Gasteiger partial charge in [-0.1, -0.05) is 41.5 Å². The van der Waals surface area contributed by atoms with Crippen LogP contribution in [-0.2, 0) is 26.3 Å². The number of aliphatic hydroxyl groups excluding tert-OH is 1. The third-order valence-electron chi connectivity index (χ3n) is 4.48. The fraction of sp³-hybridized carbons (Fsp3) is 0.542. The molecule has 0 atom stereocenters. The van der Waals surface area contributed by atoms with Gasteiger partial charge in [0.25, 0.3) is 0 Å². The molecule has 0 aromatic carbocycles. The van der Waals surface area contributed by atoms with Gasteiger partial charge >= 0.3 is 0 Å². The first-order valence-electron chi connectivity index (χ1n) is 11.2. The number of hydrogen-bond donors (Lipinski definition) is 1. The molecule has 0 spiro atoms. The van der Waals surface area contributed by atoms with Crippen LogP contribution in [0.5, 0.6) is 5.88 Å². The number of aromatic nitrogens is 4. The van der Waals surface area contributed by atoms with Crippen LogP contribution in [0.1, 0.15) is 65.4 Å². The van der Waals surface area contributed by atoms with E-state index in [1.54, 1.807) is 0 Å². The molecule has 1 N–H and O–H groups in total. The van der Waals surface area contributed by atoms with E-state index in [4.69, 9.17) is 14.7 Å². The van der Waals surface area contributed by atoms with E-state index < -0.39 is 0 Å². The fourth-order valence-corrected chi connectivity index (χ4v) is 3.24. The minimum atomic E-state index is 0.104. The van der Waals surface area contributed by atoms with Crippen LogP contribution in [0.4, 0.5) is 0 Å². The predicted molar refractivity (Wildman–Crippen MR) is 125 cm³/mol. The Kier molecular flexibility index (Phi) is 11.0. The number of hydrogen-bond acceptors (Lipinski definition) is 5. The van der Waals surface area contributed by atoms with Gasteiger partial charge in [-0.25, -0.2) is 15.0 Å². The summed E-state index contributed by atoms with van der Waals surface area (Å²) < 4.78 is 7.52. The van der Waals surface area contributed by atoms with Crippen molar-refractivity contribution in [2.45, 2.75) is 67.7 Å². The predicted octanol–water partition coefficient (Wildman–Crippen LogP) is 5.14. The Labute approximate surface area is 181 Å². The van der Waals surface area contributed by atoms with E-state index >= 15 is 0 Å². The zero-order valence-corrected chi connectivity index (χ0v) is 19.9. The van der Waals surface area contributed by atoms with Gasteiger partial charge in [0, 0.05) is 37.0 Å². The minimum Gasteiger partial charge on any atom is -0.478 e. The van der Waals surface area contributed by atoms with Gasteiger partial charge in [-0.05, 0) is 32.3 Å². The van der Waals surface area contributed by atoms with Crippen molar-refractivity contribution in [1.29, 1.82) is 0 Å². The van der Waals surface area contributed by atoms with Crippen LogP contribution in [0.2, 0.25) is 0 Å². The van der Waals surface area contributed by atoms with Crippen LogP contribution in [0, 0.1) is 0 Å². The first kappa shape index (κ1) is 25.6. The molecule has 0 aliphatic heterocycles. The second-order valence-electron chi connectivity index (χ2n) is 6.21. The van der Waals surface area contributed by atoms with Gasteiger partial charge in [0.2, 0.25) is 5.88 Å². The van der Waals surface area contributed by atoms with Crippen molar-refractivity contribution >= 4 is 11.2 Å². The molecule has 3 heterocycles. The first-order valence-corrected chi connectivity index (χ1v) is 11.2. The second-order valence-corrected chi connectivity index (χ2v) is 6.21. The Hall–Kier alpha value is -2.47. The highest BCUT2D eigenvalue weighted by Crippen LogP contribution is 2.29. The van der Waals surface area contributed by atoms with Crippen LogP contribution in [0.15, 0.2) is 18.3 Å². The zero-order valence-electron chi connectivity index (χ0n) is 19.9. The lowest BCUT2D eigenvalue weighted by Crippen LogP contribution is -2.04. The van der Waals surface area contributed by atoms with Gasteiger partial charge in [-0.15, -0.1) is 0 Å². The molecule has 3 aromatic rings. The van der Waals surface area contributed by atoms with Gasteiger partial charge in [-0.2, -0.15) is 0 Å². The number of aryl methyl sites for hydroxylation is 3. The molecule has 0 aliphatic carbocycles. The first-order chi connectivity index (χ1) is 14.6. The Balaban J connectivity index is 0.00000106. The van der Waals surface area contributed by atoms with Crippen molar-refractivity contribution in [3.05, 3.63) is 35.3 Å². The van der Waals surface area contributed by atoms with Gasteiger partial charge in [0.15, 0.2) is 5.65 Å². The lowest BCUT2D eigenvalue weighted by molar-refractivity contribution is 0.300. The maximum atomic E-state index is 9.31. The molecular weight excluding hydrogens is 376 g/mol. The average Bonchev–Trinajstić information content (AvgIpc) is 3.10. The summed E-state index contributed by atoms with van der Waals surface area (Å²) in [5.41, 5.74) is 6.53. The van der Waals surface area contributed by atoms with Gasteiger partial charge in [0.1, 0.15) is 5.52 Å². The summed E-state index contributed by atoms with van der Waals surface area (Å²) in [6.45, 7) is 14.8. The largest absolute Gasteiger partial charge is 0.478 e. The number of ether oxygens (including phenoxy) is 1. The molecular formula is C24H38N4O2. The molecule has 3 aromatic heterocycles. The molecule has 0 saturated carbocycles. The van der Waals surface area contributed by atoms with Crippen molar-refractivity contribution in [3.8, 4) is 17.1 Å². The van der Waals surface area contributed by atoms with Crippen LogP contribution < -0.4 is 4.74 Å². The Morgan fingerprint density at radius 3 is 2.17 bits per heavy atom. The van der Waals surface area contributed by atoms with Crippen molar-refractivity contribution in [3.63, 3.8) is 0 Å². The third-order valence-corrected chi connectivity index (χ3v) is 4.48. The molecule has 30 heavy (non-hydrogen) atoms. The maximum absolute atomic E-state index is 9.31. The summed E-state index contributed by atoms with van der Waals surface area (Å²) in [4.78, 5) is 14.5. The summed E-state index contributed by atoms with van der Waals surface area (Å²) in [6.07, 6.45) is 4.16. The standard InChI is InChI=1S/C20H26N4O2.2C2H6/c1-5-15-14(8-9-17(21-15)26-7-3)19-16(6-2)22-18-13(10-11-25)12-24(4)20(18)23-19;2*1-2/h8-9,12,25H,5-7,10-11H2,1-4H3;2*1-2H3. The average molecular weight is 415 g/mol. The minimum absolute atomic E-state index is 0.104. The smallest absolute Gasteiger partial charge is 0.213 e. The van der Waals surface area contributed by atoms with E-state index in [1.807, 2.05) is 64.6 Å². The molecule has 0 amide bonds. The van der Waals surface area contributed by atoms with Crippen LogP contribution in [0.25, 0.3) is 22.4 Å². The van der Waals surface area contributed by atoms with E-state index in [9.17, 15) is 5.11 Å². The molecule has 3 rings (SSSR count). The van der Waals surface area contributed by atoms with Crippen molar-refractivity contribution in [1.82, 2.24) is 19.5 Å². The van der Waals surface area contributed by atoms with E-state index in [-0.39, 0.29) is 6.61 Å². The number of rotatable bonds is 7. The number of aliphatic hydroxyl groups is 1. The summed E-state index contributed by atoms with van der Waals surface area (Å²) in [5.74, 6) is 0.643. The molecule has 0 bridgehead atoms. The lowest BCUT2D eigenvalue weighted by atomic mass is 10.0. The highest BCUT2D eigenvalue weighted by atomic mass is 16.5. The van der Waals surface area contributed by atoms with Gasteiger partial charge in [0.05, 0.1) is 23.7 Å². The molecule has 166 valence electrons. The van der Waals surface area contributed by atoms with Crippen LogP contribution in [0.3, 0.4) is 0 Å². The Morgan fingerprint density at radius 1 is 0.933 bits per heavy atom. The Morgan fingerprint density at radius 2 is 1.60 bits per heavy atom. The highest BCUT2D eigenvalue weighted by Gasteiger charge is 2.18. The lowest BCUT2D eigenvalue weighted by Gasteiger charge is -2.13. The van der Waals surface area contributed by atoms with Gasteiger partial charge < -0.3 is 14.4 Å². The van der Waals surface area contributed by atoms with E-state index in [2.05, 4.69) is 18.8 Å². The summed E-state index contributed by atoms with van der Waals surface area (Å²) in [6, 6.07) is 3.93. The quantitative estimate of drug-likeness (QED) is 0.579. The second kappa shape index (κ2) is 13.0. The van der Waals surface area contributed by atoms with E-state index in [0.717, 1.165) is 52.2 Å². The number of pyridine rings is 1. The zero-order chi connectivity index (χ0) is 22.7. The molecule has 6 nitrogen and oxygen atoms in total. The summed E-state index contributed by atoms with van der Waals surface area (Å²) >= 11 is 0. The molecule has 6 heteroatoms. The van der Waals surface area contributed by atoms with E-state index in [1.165, 1.54) is 0 Å². The Bertz CT molecular complexity index is 919. The van der Waals surface area contributed by atoms with Crippen molar-refractivity contribution < 1.29 is 9.84 Å². The molecule has 0 fully saturated rings. The molecule has 0 saturated heterocycles. The third kappa shape index (κ3) is 5.57. The summed E-state index contributed by atoms with van der Waals surface area (Å²) in [5, 5.41) is 9.31. The molecule has 0 aliphatic rings. The fourth-order valence-electron chi connectivity index (χ4n) is 3.24. The van der Waals surface area contributed by atoms with Gasteiger partial charge in [-0.3, -0.25) is 0 Å². The normalized spacial score (nSPS) is 10.2. The molecule has 0 unspecified atom stereocenters. The maximum Gasteiger partial charge on any atom is 0.213 e. The monoisotopic (exact) mass is 414 g/mol. The topological polar surface area (TPSA) is 73.1 Å². The van der Waals surface area contributed by atoms with Crippen molar-refractivity contribution in [2.75, 3.05) is 13.2 Å².